The number of rotatable bonds is 16. The molecule has 0 radical (unpaired) electrons. The molecule has 0 N–H and O–H groups in total. The molecule has 0 fully saturated rings. The highest BCUT2D eigenvalue weighted by Gasteiger charge is 2.17. The van der Waals surface area contributed by atoms with Gasteiger partial charge in [0.2, 0.25) is 0 Å². The summed E-state index contributed by atoms with van der Waals surface area (Å²) in [6, 6.07) is 12.4. The van der Waals surface area contributed by atoms with E-state index >= 15 is 0 Å². The number of hydrogen-bond acceptors (Lipinski definition) is 3. The van der Waals surface area contributed by atoms with E-state index in [4.69, 9.17) is 4.74 Å². The monoisotopic (exact) mass is 437 g/mol. The quantitative estimate of drug-likeness (QED) is 0.195. The molecule has 1 unspecified atom stereocenters. The summed E-state index contributed by atoms with van der Waals surface area (Å²) in [5, 5.41) is 0. The van der Waals surface area contributed by atoms with Gasteiger partial charge < -0.3 is 4.74 Å². The lowest BCUT2D eigenvalue weighted by molar-refractivity contribution is 0.0281. The summed E-state index contributed by atoms with van der Waals surface area (Å²) in [5.74, 6) is -0.341. The van der Waals surface area contributed by atoms with E-state index in [1.807, 2.05) is 19.2 Å². The van der Waals surface area contributed by atoms with Crippen molar-refractivity contribution >= 4 is 5.97 Å². The van der Waals surface area contributed by atoms with Gasteiger partial charge in [-0.3, -0.25) is 0 Å². The van der Waals surface area contributed by atoms with E-state index in [1.165, 1.54) is 75.3 Å². The molecule has 176 valence electrons. The van der Waals surface area contributed by atoms with Crippen LogP contribution < -0.4 is 0 Å². The van der Waals surface area contributed by atoms with Crippen molar-refractivity contribution in [3.63, 3.8) is 0 Å². The van der Waals surface area contributed by atoms with Gasteiger partial charge in [-0.05, 0) is 54.9 Å². The van der Waals surface area contributed by atoms with Crippen LogP contribution in [0.3, 0.4) is 0 Å². The number of esters is 1. The van der Waals surface area contributed by atoms with E-state index in [9.17, 15) is 4.79 Å². The number of pyridine rings is 1. The number of unbranched alkanes of at least 4 members (excludes halogenated alkanes) is 8. The zero-order chi connectivity index (χ0) is 23.0. The minimum Gasteiger partial charge on any atom is -0.453 e. The van der Waals surface area contributed by atoms with Gasteiger partial charge in [-0.25, -0.2) is 9.78 Å². The van der Waals surface area contributed by atoms with Crippen molar-refractivity contribution in [2.24, 2.45) is 0 Å². The molecule has 0 saturated carbocycles. The number of carbonyl (C=O) groups excluding carboxylic acids is 1. The summed E-state index contributed by atoms with van der Waals surface area (Å²) < 4.78 is 5.80. The molecule has 0 aliphatic carbocycles. The average Bonchev–Trinajstić information content (AvgIpc) is 2.83. The fourth-order valence-electron chi connectivity index (χ4n) is 4.03. The third-order valence-electron chi connectivity index (χ3n) is 6.14. The largest absolute Gasteiger partial charge is 0.453 e. The molecule has 1 aromatic carbocycles. The minimum atomic E-state index is -0.341. The highest BCUT2D eigenvalue weighted by molar-refractivity contribution is 5.87. The van der Waals surface area contributed by atoms with Crippen molar-refractivity contribution in [2.45, 2.75) is 110 Å². The van der Waals surface area contributed by atoms with E-state index in [2.05, 4.69) is 43.1 Å². The smallest absolute Gasteiger partial charge is 0.357 e. The Hall–Kier alpha value is -2.16. The van der Waals surface area contributed by atoms with Crippen molar-refractivity contribution in [3.8, 4) is 0 Å². The van der Waals surface area contributed by atoms with Crippen molar-refractivity contribution in [2.75, 3.05) is 0 Å². The maximum absolute atomic E-state index is 12.6. The van der Waals surface area contributed by atoms with Gasteiger partial charge in [0.1, 0.15) is 11.8 Å². The molecule has 2 rings (SSSR count). The zero-order valence-electron chi connectivity index (χ0n) is 20.6. The summed E-state index contributed by atoms with van der Waals surface area (Å²) in [4.78, 5) is 17.0. The summed E-state index contributed by atoms with van der Waals surface area (Å²) >= 11 is 0. The van der Waals surface area contributed by atoms with E-state index in [0.717, 1.165) is 24.8 Å². The molecule has 0 spiro atoms. The third-order valence-corrected chi connectivity index (χ3v) is 6.14. The van der Waals surface area contributed by atoms with Crippen LogP contribution in [0, 0.1) is 0 Å². The molecule has 0 saturated heterocycles. The first kappa shape index (κ1) is 26.1. The molecule has 0 aliphatic rings. The van der Waals surface area contributed by atoms with Gasteiger partial charge in [-0.2, -0.15) is 0 Å². The minimum absolute atomic E-state index is 0.235. The Kier molecular flexibility index (Phi) is 12.7. The summed E-state index contributed by atoms with van der Waals surface area (Å²) in [7, 11) is 0. The molecule has 0 amide bonds. The molecule has 3 nitrogen and oxygen atoms in total. The van der Waals surface area contributed by atoms with Crippen LogP contribution in [-0.2, 0) is 17.6 Å². The molecule has 0 aliphatic heterocycles. The Morgan fingerprint density at radius 2 is 1.31 bits per heavy atom. The zero-order valence-corrected chi connectivity index (χ0v) is 20.6. The Morgan fingerprint density at radius 1 is 0.750 bits per heavy atom. The number of nitrogens with zero attached hydrogens (tertiary/aromatic N) is 1. The molecule has 32 heavy (non-hydrogen) atoms. The predicted molar refractivity (Wildman–Crippen MR) is 134 cm³/mol. The van der Waals surface area contributed by atoms with Gasteiger partial charge in [0.15, 0.2) is 0 Å². The first-order chi connectivity index (χ1) is 15.7. The maximum Gasteiger partial charge on any atom is 0.357 e. The van der Waals surface area contributed by atoms with Crippen molar-refractivity contribution in [1.82, 2.24) is 4.98 Å². The summed E-state index contributed by atoms with van der Waals surface area (Å²) in [6.45, 7) is 6.53. The van der Waals surface area contributed by atoms with Gasteiger partial charge in [0.05, 0.1) is 0 Å². The third kappa shape index (κ3) is 9.54. The van der Waals surface area contributed by atoms with Crippen LogP contribution in [0.4, 0.5) is 0 Å². The topological polar surface area (TPSA) is 39.2 Å². The lowest BCUT2D eigenvalue weighted by Gasteiger charge is -2.17. The number of ether oxygens (including phenoxy) is 1. The second-order valence-corrected chi connectivity index (χ2v) is 8.92. The van der Waals surface area contributed by atoms with Gasteiger partial charge in [0, 0.05) is 6.20 Å². The standard InChI is InChI=1S/C29H43NO2/c1-4-7-9-11-12-14-16-25-19-22-27(30-23-25)29(31)32-28(6-3)26-20-17-24(18-21-26)15-13-10-8-5-2/h17-23,28H,4-16H2,1-3H3. The number of carbonyl (C=O) groups is 1. The van der Waals surface area contributed by atoms with Gasteiger partial charge in [-0.15, -0.1) is 0 Å². The van der Waals surface area contributed by atoms with Crippen molar-refractivity contribution in [1.29, 1.82) is 0 Å². The molecular weight excluding hydrogens is 394 g/mol. The van der Waals surface area contributed by atoms with Gasteiger partial charge in [-0.1, -0.05) is 102 Å². The molecular formula is C29H43NO2. The van der Waals surface area contributed by atoms with Crippen molar-refractivity contribution < 1.29 is 9.53 Å². The van der Waals surface area contributed by atoms with Crippen LogP contribution in [-0.4, -0.2) is 11.0 Å². The van der Waals surface area contributed by atoms with E-state index in [1.54, 1.807) is 6.07 Å². The Labute approximate surface area is 196 Å². The van der Waals surface area contributed by atoms with E-state index in [-0.39, 0.29) is 12.1 Å². The first-order valence-corrected chi connectivity index (χ1v) is 12.9. The van der Waals surface area contributed by atoms with Crippen LogP contribution in [0.15, 0.2) is 42.6 Å². The number of hydrogen-bond donors (Lipinski definition) is 0. The highest BCUT2D eigenvalue weighted by Crippen LogP contribution is 2.23. The SMILES string of the molecule is CCCCCCCCc1ccc(C(=O)OC(CC)c2ccc(CCCCCC)cc2)nc1. The molecule has 2 aromatic rings. The van der Waals surface area contributed by atoms with Crippen molar-refractivity contribution in [3.05, 3.63) is 65.0 Å². The van der Waals surface area contributed by atoms with Crippen LogP contribution in [0.2, 0.25) is 0 Å². The fourth-order valence-corrected chi connectivity index (χ4v) is 4.03. The predicted octanol–water partition coefficient (Wildman–Crippen LogP) is 8.42. The molecule has 0 bridgehead atoms. The molecule has 1 heterocycles. The fraction of sp³-hybridized carbons (Fsp3) is 0.586. The highest BCUT2D eigenvalue weighted by atomic mass is 16.5. The normalized spacial score (nSPS) is 12.0. The second kappa shape index (κ2) is 15.6. The van der Waals surface area contributed by atoms with Gasteiger partial charge >= 0.3 is 5.97 Å². The molecule has 1 atom stereocenters. The summed E-state index contributed by atoms with van der Waals surface area (Å²) in [6.07, 6.45) is 17.3. The summed E-state index contributed by atoms with van der Waals surface area (Å²) in [5.41, 5.74) is 3.99. The lowest BCUT2D eigenvalue weighted by Crippen LogP contribution is -2.12. The van der Waals surface area contributed by atoms with E-state index < -0.39 is 0 Å². The number of aryl methyl sites for hydroxylation is 2. The second-order valence-electron chi connectivity index (χ2n) is 8.92. The molecule has 3 heteroatoms. The van der Waals surface area contributed by atoms with Crippen LogP contribution in [0.5, 0.6) is 0 Å². The van der Waals surface area contributed by atoms with Crippen LogP contribution >= 0.6 is 0 Å². The Bertz CT molecular complexity index is 752. The lowest BCUT2D eigenvalue weighted by atomic mass is 10.0. The Morgan fingerprint density at radius 3 is 1.91 bits per heavy atom. The number of benzene rings is 1. The average molecular weight is 438 g/mol. The van der Waals surface area contributed by atoms with E-state index in [0.29, 0.717) is 5.69 Å². The number of aromatic nitrogens is 1. The van der Waals surface area contributed by atoms with Crippen LogP contribution in [0.1, 0.15) is 125 Å². The maximum atomic E-state index is 12.6. The van der Waals surface area contributed by atoms with Gasteiger partial charge in [0.25, 0.3) is 0 Å². The molecule has 1 aromatic heterocycles. The van der Waals surface area contributed by atoms with Crippen LogP contribution in [0.25, 0.3) is 0 Å². The first-order valence-electron chi connectivity index (χ1n) is 12.9. The Balaban J connectivity index is 1.82.